The van der Waals surface area contributed by atoms with Crippen LogP contribution >= 0.6 is 11.3 Å². The Bertz CT molecular complexity index is 989. The van der Waals surface area contributed by atoms with Crippen molar-refractivity contribution in [2.75, 3.05) is 0 Å². The van der Waals surface area contributed by atoms with E-state index in [9.17, 15) is 4.79 Å². The number of benzene rings is 1. The van der Waals surface area contributed by atoms with Crippen LogP contribution in [0.4, 0.5) is 0 Å². The molecule has 140 valence electrons. The standard InChI is InChI=1S/C21H24N4OS/c1-5-19(26)24-12-18-17(11-16-9-7-6-8-10-16)14(3)27-21(18)25-15(4)22-23-20(25)13(24)2/h6-10,13H,5,11-12H2,1-4H3/t13-/m0/s1. The van der Waals surface area contributed by atoms with Gasteiger partial charge in [-0.2, -0.15) is 0 Å². The first-order valence-corrected chi connectivity index (χ1v) is 10.2. The third-order valence-electron chi connectivity index (χ3n) is 5.37. The second-order valence-corrected chi connectivity index (χ2v) is 8.28. The van der Waals surface area contributed by atoms with Crippen molar-refractivity contribution in [3.63, 3.8) is 0 Å². The maximum Gasteiger partial charge on any atom is 0.223 e. The Morgan fingerprint density at radius 1 is 1.22 bits per heavy atom. The first-order valence-electron chi connectivity index (χ1n) is 9.38. The lowest BCUT2D eigenvalue weighted by Gasteiger charge is -2.26. The Balaban J connectivity index is 1.89. The highest BCUT2D eigenvalue weighted by atomic mass is 32.1. The quantitative estimate of drug-likeness (QED) is 0.679. The molecule has 1 amide bonds. The molecule has 1 aliphatic heterocycles. The van der Waals surface area contributed by atoms with E-state index in [0.29, 0.717) is 13.0 Å². The normalized spacial score (nSPS) is 16.0. The van der Waals surface area contributed by atoms with E-state index in [1.54, 1.807) is 11.3 Å². The van der Waals surface area contributed by atoms with Crippen LogP contribution in [0.25, 0.3) is 5.00 Å². The number of hydrogen-bond donors (Lipinski definition) is 0. The SMILES string of the molecule is CCC(=O)N1Cc2c(sc(C)c2Cc2ccccc2)-n2c(C)nnc2[C@@H]1C. The summed E-state index contributed by atoms with van der Waals surface area (Å²) in [5.74, 6) is 1.87. The van der Waals surface area contributed by atoms with Gasteiger partial charge in [0.15, 0.2) is 5.82 Å². The van der Waals surface area contributed by atoms with Gasteiger partial charge in [-0.25, -0.2) is 0 Å². The Morgan fingerprint density at radius 2 is 1.96 bits per heavy atom. The average molecular weight is 381 g/mol. The largest absolute Gasteiger partial charge is 0.328 e. The van der Waals surface area contributed by atoms with Crippen molar-refractivity contribution in [1.29, 1.82) is 0 Å². The summed E-state index contributed by atoms with van der Waals surface area (Å²) in [5.41, 5.74) is 3.84. The number of amides is 1. The molecular formula is C21H24N4OS. The van der Waals surface area contributed by atoms with E-state index in [1.807, 2.05) is 31.7 Å². The fraction of sp³-hybridized carbons (Fsp3) is 0.381. The third-order valence-corrected chi connectivity index (χ3v) is 6.54. The molecule has 0 N–H and O–H groups in total. The number of thiophene rings is 1. The number of carbonyl (C=O) groups is 1. The molecule has 1 aromatic carbocycles. The van der Waals surface area contributed by atoms with Gasteiger partial charge in [0.25, 0.3) is 0 Å². The van der Waals surface area contributed by atoms with Crippen LogP contribution in [0.2, 0.25) is 0 Å². The number of fused-ring (bicyclic) bond motifs is 3. The average Bonchev–Trinajstić information content (AvgIpc) is 3.16. The highest BCUT2D eigenvalue weighted by Gasteiger charge is 2.33. The van der Waals surface area contributed by atoms with Gasteiger partial charge in [0.05, 0.1) is 6.04 Å². The fourth-order valence-corrected chi connectivity index (χ4v) is 5.08. The molecule has 0 fully saturated rings. The molecule has 1 atom stereocenters. The van der Waals surface area contributed by atoms with Gasteiger partial charge >= 0.3 is 0 Å². The van der Waals surface area contributed by atoms with E-state index in [4.69, 9.17) is 0 Å². The van der Waals surface area contributed by atoms with Crippen molar-refractivity contribution < 1.29 is 4.79 Å². The molecule has 0 radical (unpaired) electrons. The molecule has 1 aliphatic rings. The van der Waals surface area contributed by atoms with Crippen LogP contribution in [0.3, 0.4) is 0 Å². The predicted octanol–water partition coefficient (Wildman–Crippen LogP) is 4.35. The summed E-state index contributed by atoms with van der Waals surface area (Å²) in [6, 6.07) is 10.4. The van der Waals surface area contributed by atoms with Crippen LogP contribution in [0.5, 0.6) is 0 Å². The molecule has 3 aromatic rings. The van der Waals surface area contributed by atoms with Crippen molar-refractivity contribution in [2.24, 2.45) is 0 Å². The number of aromatic nitrogens is 3. The van der Waals surface area contributed by atoms with Crippen molar-refractivity contribution in [3.8, 4) is 5.00 Å². The fourth-order valence-electron chi connectivity index (χ4n) is 3.84. The molecule has 6 heteroatoms. The Hall–Kier alpha value is -2.47. The highest BCUT2D eigenvalue weighted by molar-refractivity contribution is 7.14. The Kier molecular flexibility index (Phi) is 4.60. The number of aryl methyl sites for hydroxylation is 2. The van der Waals surface area contributed by atoms with E-state index in [2.05, 4.69) is 46.0 Å². The Labute approximate surface area is 163 Å². The summed E-state index contributed by atoms with van der Waals surface area (Å²) >= 11 is 1.78. The van der Waals surface area contributed by atoms with Gasteiger partial charge in [-0.1, -0.05) is 37.3 Å². The number of carbonyl (C=O) groups excluding carboxylic acids is 1. The van der Waals surface area contributed by atoms with Gasteiger partial charge in [0.2, 0.25) is 5.91 Å². The van der Waals surface area contributed by atoms with Gasteiger partial charge in [0.1, 0.15) is 10.8 Å². The molecule has 0 saturated heterocycles. The van der Waals surface area contributed by atoms with Gasteiger partial charge in [0, 0.05) is 23.4 Å². The minimum Gasteiger partial charge on any atom is -0.328 e. The van der Waals surface area contributed by atoms with Gasteiger partial charge in [-0.05, 0) is 38.3 Å². The molecule has 27 heavy (non-hydrogen) atoms. The smallest absolute Gasteiger partial charge is 0.223 e. The highest BCUT2D eigenvalue weighted by Crippen LogP contribution is 2.40. The molecule has 4 rings (SSSR count). The monoisotopic (exact) mass is 380 g/mol. The molecule has 0 saturated carbocycles. The molecule has 0 bridgehead atoms. The van der Waals surface area contributed by atoms with Gasteiger partial charge in [-0.3, -0.25) is 9.36 Å². The van der Waals surface area contributed by atoms with Gasteiger partial charge in [-0.15, -0.1) is 21.5 Å². The first-order chi connectivity index (χ1) is 13.0. The number of rotatable bonds is 3. The van der Waals surface area contributed by atoms with Crippen molar-refractivity contribution in [3.05, 3.63) is 63.5 Å². The lowest BCUT2D eigenvalue weighted by atomic mass is 10.0. The van der Waals surface area contributed by atoms with Crippen LogP contribution in [-0.4, -0.2) is 25.6 Å². The van der Waals surface area contributed by atoms with Crippen LogP contribution in [-0.2, 0) is 17.8 Å². The summed E-state index contributed by atoms with van der Waals surface area (Å²) in [5, 5.41) is 9.89. The molecular weight excluding hydrogens is 356 g/mol. The molecule has 5 nitrogen and oxygen atoms in total. The van der Waals surface area contributed by atoms with E-state index in [1.165, 1.54) is 21.6 Å². The zero-order chi connectivity index (χ0) is 19.1. The molecule has 0 spiro atoms. The van der Waals surface area contributed by atoms with Crippen molar-refractivity contribution >= 4 is 17.2 Å². The zero-order valence-electron chi connectivity index (χ0n) is 16.2. The summed E-state index contributed by atoms with van der Waals surface area (Å²) in [6.45, 7) is 8.75. The van der Waals surface area contributed by atoms with Crippen LogP contribution in [0.15, 0.2) is 30.3 Å². The third kappa shape index (κ3) is 2.98. The van der Waals surface area contributed by atoms with E-state index in [0.717, 1.165) is 23.1 Å². The second kappa shape index (κ2) is 6.93. The van der Waals surface area contributed by atoms with Crippen LogP contribution < -0.4 is 0 Å². The zero-order valence-corrected chi connectivity index (χ0v) is 17.0. The van der Waals surface area contributed by atoms with Crippen molar-refractivity contribution in [1.82, 2.24) is 19.7 Å². The molecule has 0 unspecified atom stereocenters. The minimum atomic E-state index is -0.0943. The van der Waals surface area contributed by atoms with Crippen LogP contribution in [0.1, 0.15) is 59.5 Å². The summed E-state index contributed by atoms with van der Waals surface area (Å²) in [7, 11) is 0. The number of nitrogens with zero attached hydrogens (tertiary/aromatic N) is 4. The lowest BCUT2D eigenvalue weighted by Crippen LogP contribution is -2.32. The minimum absolute atomic E-state index is 0.0943. The van der Waals surface area contributed by atoms with E-state index < -0.39 is 0 Å². The van der Waals surface area contributed by atoms with Crippen molar-refractivity contribution in [2.45, 2.75) is 53.1 Å². The second-order valence-electron chi connectivity index (χ2n) is 7.07. The van der Waals surface area contributed by atoms with Gasteiger partial charge < -0.3 is 4.90 Å². The number of hydrogen-bond acceptors (Lipinski definition) is 4. The van der Waals surface area contributed by atoms with E-state index in [-0.39, 0.29) is 11.9 Å². The summed E-state index contributed by atoms with van der Waals surface area (Å²) in [4.78, 5) is 15.9. The summed E-state index contributed by atoms with van der Waals surface area (Å²) < 4.78 is 2.15. The van der Waals surface area contributed by atoms with Crippen LogP contribution in [0, 0.1) is 13.8 Å². The maximum absolute atomic E-state index is 12.7. The predicted molar refractivity (Wildman–Crippen MR) is 107 cm³/mol. The molecule has 2 aromatic heterocycles. The first kappa shape index (κ1) is 17.9. The Morgan fingerprint density at radius 3 is 2.67 bits per heavy atom. The maximum atomic E-state index is 12.7. The molecule has 3 heterocycles. The van der Waals surface area contributed by atoms with E-state index >= 15 is 0 Å². The summed E-state index contributed by atoms with van der Waals surface area (Å²) in [6.07, 6.45) is 1.36. The molecule has 0 aliphatic carbocycles. The topological polar surface area (TPSA) is 51.0 Å². The lowest BCUT2D eigenvalue weighted by molar-refractivity contribution is -0.133.